The van der Waals surface area contributed by atoms with Crippen LogP contribution in [-0.4, -0.2) is 53.3 Å². The summed E-state index contributed by atoms with van der Waals surface area (Å²) in [4.78, 5) is 25.8. The molecule has 6 nitrogen and oxygen atoms in total. The van der Waals surface area contributed by atoms with Crippen molar-refractivity contribution in [2.75, 3.05) is 19.7 Å². The van der Waals surface area contributed by atoms with E-state index in [-0.39, 0.29) is 18.9 Å². The Hall–Kier alpha value is -1.30. The average molecular weight is 342 g/mol. The Morgan fingerprint density at radius 1 is 1.17 bits per heavy atom. The zero-order chi connectivity index (χ0) is 18.0. The Balaban J connectivity index is 2.31. The number of nitrogens with one attached hydrogen (secondary N) is 1. The third-order valence-corrected chi connectivity index (χ3v) is 4.16. The number of unbranched alkanes of at least 4 members (excludes halogenated alkanes) is 1. The Bertz CT molecular complexity index is 387. The minimum Gasteiger partial charge on any atom is -0.444 e. The molecular weight excluding hydrogens is 308 g/mol. The highest BCUT2D eigenvalue weighted by Crippen LogP contribution is 2.23. The van der Waals surface area contributed by atoms with Gasteiger partial charge in [-0.25, -0.2) is 4.79 Å². The SMILES string of the molecule is CC(C)(C)OC(=O)NCCCCN(C(=O)CCO)C1CCCCC1. The molecular formula is C18H34N2O4. The van der Waals surface area contributed by atoms with Crippen LogP contribution in [0.5, 0.6) is 0 Å². The first-order chi connectivity index (χ1) is 11.3. The summed E-state index contributed by atoms with van der Waals surface area (Å²) in [5.41, 5.74) is -0.488. The second kappa shape index (κ2) is 10.5. The molecule has 1 rings (SSSR count). The van der Waals surface area contributed by atoms with Gasteiger partial charge in [0.05, 0.1) is 6.61 Å². The summed E-state index contributed by atoms with van der Waals surface area (Å²) >= 11 is 0. The van der Waals surface area contributed by atoms with Crippen LogP contribution in [0.3, 0.4) is 0 Å². The van der Waals surface area contributed by atoms with E-state index in [1.807, 2.05) is 25.7 Å². The van der Waals surface area contributed by atoms with Crippen LogP contribution < -0.4 is 5.32 Å². The van der Waals surface area contributed by atoms with Gasteiger partial charge in [0.1, 0.15) is 5.60 Å². The van der Waals surface area contributed by atoms with E-state index in [9.17, 15) is 9.59 Å². The fourth-order valence-corrected chi connectivity index (χ4v) is 3.05. The molecule has 0 spiro atoms. The monoisotopic (exact) mass is 342 g/mol. The minimum absolute atomic E-state index is 0.0458. The molecule has 24 heavy (non-hydrogen) atoms. The van der Waals surface area contributed by atoms with E-state index in [1.54, 1.807) is 0 Å². The predicted octanol–water partition coefficient (Wildman–Crippen LogP) is 2.84. The smallest absolute Gasteiger partial charge is 0.407 e. The maximum absolute atomic E-state index is 12.2. The molecule has 2 amide bonds. The van der Waals surface area contributed by atoms with Crippen LogP contribution in [0.25, 0.3) is 0 Å². The highest BCUT2D eigenvalue weighted by molar-refractivity contribution is 5.76. The number of nitrogens with zero attached hydrogens (tertiary/aromatic N) is 1. The molecule has 0 aliphatic heterocycles. The van der Waals surface area contributed by atoms with Crippen molar-refractivity contribution in [1.29, 1.82) is 0 Å². The van der Waals surface area contributed by atoms with E-state index in [0.29, 0.717) is 19.1 Å². The zero-order valence-electron chi connectivity index (χ0n) is 15.5. The first-order valence-corrected chi connectivity index (χ1v) is 9.20. The van der Waals surface area contributed by atoms with Crippen molar-refractivity contribution >= 4 is 12.0 Å². The number of ether oxygens (including phenoxy) is 1. The van der Waals surface area contributed by atoms with Gasteiger partial charge < -0.3 is 20.1 Å². The van der Waals surface area contributed by atoms with Gasteiger partial charge in [-0.2, -0.15) is 0 Å². The quantitative estimate of drug-likeness (QED) is 0.665. The molecule has 2 N–H and O–H groups in total. The number of hydrogen-bond donors (Lipinski definition) is 2. The number of amides is 2. The number of aliphatic hydroxyl groups is 1. The Labute approximate surface area is 145 Å². The predicted molar refractivity (Wildman–Crippen MR) is 93.8 cm³/mol. The molecule has 0 heterocycles. The molecule has 0 bridgehead atoms. The van der Waals surface area contributed by atoms with Crippen molar-refractivity contribution in [2.24, 2.45) is 0 Å². The topological polar surface area (TPSA) is 78.9 Å². The lowest BCUT2D eigenvalue weighted by Crippen LogP contribution is -2.42. The van der Waals surface area contributed by atoms with Crippen LogP contribution >= 0.6 is 0 Å². The van der Waals surface area contributed by atoms with Gasteiger partial charge in [-0.1, -0.05) is 19.3 Å². The van der Waals surface area contributed by atoms with Gasteiger partial charge in [-0.15, -0.1) is 0 Å². The third-order valence-electron chi connectivity index (χ3n) is 4.16. The average Bonchev–Trinajstić information content (AvgIpc) is 2.50. The molecule has 0 aromatic carbocycles. The second-order valence-corrected chi connectivity index (χ2v) is 7.49. The maximum Gasteiger partial charge on any atom is 0.407 e. The molecule has 1 saturated carbocycles. The van der Waals surface area contributed by atoms with Gasteiger partial charge in [-0.05, 0) is 46.5 Å². The highest BCUT2D eigenvalue weighted by atomic mass is 16.6. The van der Waals surface area contributed by atoms with Crippen LogP contribution in [-0.2, 0) is 9.53 Å². The van der Waals surface area contributed by atoms with Crippen molar-refractivity contribution in [3.05, 3.63) is 0 Å². The van der Waals surface area contributed by atoms with Gasteiger partial charge in [0.15, 0.2) is 0 Å². The summed E-state index contributed by atoms with van der Waals surface area (Å²) in [6, 6.07) is 0.316. The van der Waals surface area contributed by atoms with Crippen molar-refractivity contribution in [3.63, 3.8) is 0 Å². The fraction of sp³-hybridized carbons (Fsp3) is 0.889. The van der Waals surface area contributed by atoms with Crippen LogP contribution in [0, 0.1) is 0 Å². The first-order valence-electron chi connectivity index (χ1n) is 9.20. The number of carbonyl (C=O) groups excluding carboxylic acids is 2. The molecule has 1 aliphatic carbocycles. The molecule has 0 saturated heterocycles. The fourth-order valence-electron chi connectivity index (χ4n) is 3.05. The number of hydrogen-bond acceptors (Lipinski definition) is 4. The second-order valence-electron chi connectivity index (χ2n) is 7.49. The molecule has 0 unspecified atom stereocenters. The van der Waals surface area contributed by atoms with E-state index < -0.39 is 11.7 Å². The van der Waals surface area contributed by atoms with Crippen molar-refractivity contribution in [2.45, 2.75) is 83.8 Å². The zero-order valence-corrected chi connectivity index (χ0v) is 15.5. The molecule has 0 aromatic rings. The molecule has 6 heteroatoms. The van der Waals surface area contributed by atoms with Crippen LogP contribution in [0.4, 0.5) is 4.79 Å². The van der Waals surface area contributed by atoms with Gasteiger partial charge in [0, 0.05) is 25.6 Å². The first kappa shape index (κ1) is 20.7. The number of alkyl carbamates (subject to hydrolysis) is 1. The molecule has 1 aliphatic rings. The van der Waals surface area contributed by atoms with Gasteiger partial charge in [0.25, 0.3) is 0 Å². The van der Waals surface area contributed by atoms with Crippen molar-refractivity contribution in [3.8, 4) is 0 Å². The molecule has 0 radical (unpaired) electrons. The van der Waals surface area contributed by atoms with E-state index in [1.165, 1.54) is 19.3 Å². The van der Waals surface area contributed by atoms with Gasteiger partial charge in [0.2, 0.25) is 5.91 Å². The normalized spacial score (nSPS) is 15.8. The van der Waals surface area contributed by atoms with Crippen LogP contribution in [0.1, 0.15) is 72.1 Å². The summed E-state index contributed by atoms with van der Waals surface area (Å²) in [6.45, 7) is 6.65. The summed E-state index contributed by atoms with van der Waals surface area (Å²) in [6.07, 6.45) is 7.16. The van der Waals surface area contributed by atoms with Gasteiger partial charge >= 0.3 is 6.09 Å². The van der Waals surface area contributed by atoms with E-state index >= 15 is 0 Å². The van der Waals surface area contributed by atoms with E-state index in [2.05, 4.69) is 5.32 Å². The van der Waals surface area contributed by atoms with E-state index in [0.717, 1.165) is 25.7 Å². The summed E-state index contributed by atoms with van der Waals surface area (Å²) in [5, 5.41) is 11.8. The lowest BCUT2D eigenvalue weighted by atomic mass is 9.93. The van der Waals surface area contributed by atoms with Gasteiger partial charge in [-0.3, -0.25) is 4.79 Å². The molecule has 140 valence electrons. The van der Waals surface area contributed by atoms with Crippen molar-refractivity contribution in [1.82, 2.24) is 10.2 Å². The Morgan fingerprint density at radius 3 is 2.42 bits per heavy atom. The lowest BCUT2D eigenvalue weighted by Gasteiger charge is -2.34. The van der Waals surface area contributed by atoms with E-state index in [4.69, 9.17) is 9.84 Å². The molecule has 0 aromatic heterocycles. The maximum atomic E-state index is 12.2. The lowest BCUT2D eigenvalue weighted by molar-refractivity contribution is -0.135. The third kappa shape index (κ3) is 8.52. The van der Waals surface area contributed by atoms with Crippen molar-refractivity contribution < 1.29 is 19.4 Å². The minimum atomic E-state index is -0.488. The number of aliphatic hydroxyl groups excluding tert-OH is 1. The van der Waals surface area contributed by atoms with Crippen LogP contribution in [0.15, 0.2) is 0 Å². The summed E-state index contributed by atoms with van der Waals surface area (Å²) in [7, 11) is 0. The largest absolute Gasteiger partial charge is 0.444 e. The number of carbonyl (C=O) groups is 2. The standard InChI is InChI=1S/C18H34N2O4/c1-18(2,3)24-17(23)19-12-7-8-13-20(16(22)11-14-21)15-9-5-4-6-10-15/h15,21H,4-14H2,1-3H3,(H,19,23). The molecule has 1 fully saturated rings. The molecule has 0 atom stereocenters. The number of rotatable bonds is 8. The Morgan fingerprint density at radius 2 is 1.83 bits per heavy atom. The highest BCUT2D eigenvalue weighted by Gasteiger charge is 2.24. The Kier molecular flexibility index (Phi) is 9.11. The summed E-state index contributed by atoms with van der Waals surface area (Å²) in [5.74, 6) is 0.0458. The summed E-state index contributed by atoms with van der Waals surface area (Å²) < 4.78 is 5.19. The van der Waals surface area contributed by atoms with Crippen LogP contribution in [0.2, 0.25) is 0 Å².